The van der Waals surface area contributed by atoms with Gasteiger partial charge >= 0.3 is 18.0 Å². The van der Waals surface area contributed by atoms with E-state index in [4.69, 9.17) is 4.74 Å². The first-order chi connectivity index (χ1) is 26.0. The molecule has 2 aromatic carbocycles. The van der Waals surface area contributed by atoms with Crippen LogP contribution in [0.2, 0.25) is 0 Å². The number of alkyl carbamates (subject to hydrolysis) is 1. The number of aliphatic hydroxyl groups is 1. The molecule has 0 spiro atoms. The number of likely N-dealkylation sites (N-methyl/N-ethyl adjacent to an activating group) is 1. The molecule has 6 amide bonds. The Bertz CT molecular complexity index is 1670. The number of rotatable bonds is 20. The fourth-order valence-corrected chi connectivity index (χ4v) is 4.86. The van der Waals surface area contributed by atoms with Crippen LogP contribution >= 0.6 is 0 Å². The lowest BCUT2D eigenvalue weighted by molar-refractivity contribution is -0.149. The van der Waals surface area contributed by atoms with Gasteiger partial charge in [0, 0.05) is 32.2 Å². The van der Waals surface area contributed by atoms with Gasteiger partial charge in [0.2, 0.25) is 17.7 Å². The van der Waals surface area contributed by atoms with Gasteiger partial charge in [-0.15, -0.1) is 0 Å². The number of hydrogen-bond acceptors (Lipinski definition) is 10. The highest BCUT2D eigenvalue weighted by atomic mass is 16.5. The number of aliphatic carboxylic acids is 2. The van der Waals surface area contributed by atoms with E-state index in [1.54, 1.807) is 74.5 Å². The number of carboxylic acid groups (broad SMARTS) is 2. The number of nitrogens with one attached hydrogen (secondary N) is 4. The summed E-state index contributed by atoms with van der Waals surface area (Å²) in [5, 5.41) is 36.5. The molecule has 2 rings (SSSR count). The molecule has 0 aliphatic heterocycles. The molecule has 0 fully saturated rings. The molecule has 298 valence electrons. The number of nitrogens with zero attached hydrogens (tertiary/aromatic N) is 2. The minimum Gasteiger partial charge on any atom is -0.481 e. The molecule has 2 aromatic rings. The van der Waals surface area contributed by atoms with Crippen molar-refractivity contribution in [2.45, 2.75) is 77.4 Å². The summed E-state index contributed by atoms with van der Waals surface area (Å²) >= 11 is 0. The molecule has 0 aliphatic carbocycles. The van der Waals surface area contributed by atoms with Gasteiger partial charge in [-0.2, -0.15) is 0 Å². The van der Waals surface area contributed by atoms with E-state index in [0.717, 1.165) is 24.6 Å². The first-order valence-electron chi connectivity index (χ1n) is 17.3. The molecule has 0 unspecified atom stereocenters. The fraction of sp³-hybridized carbons (Fsp3) is 0.405. The van der Waals surface area contributed by atoms with Gasteiger partial charge < -0.3 is 40.9 Å². The molecular formula is C37H48N6O12. The summed E-state index contributed by atoms with van der Waals surface area (Å²) in [6.45, 7) is 3.53. The summed E-state index contributed by atoms with van der Waals surface area (Å²) in [6, 6.07) is 13.0. The van der Waals surface area contributed by atoms with Crippen molar-refractivity contribution in [3.05, 3.63) is 83.9 Å². The summed E-state index contributed by atoms with van der Waals surface area (Å²) in [5.74, 6) is -8.37. The molecule has 0 radical (unpaired) electrons. The van der Waals surface area contributed by atoms with Gasteiger partial charge in [-0.1, -0.05) is 80.9 Å². The van der Waals surface area contributed by atoms with E-state index in [1.807, 2.05) is 5.43 Å². The second-order valence-corrected chi connectivity index (χ2v) is 12.6. The van der Waals surface area contributed by atoms with Gasteiger partial charge in [0.05, 0.1) is 6.10 Å². The molecule has 0 heterocycles. The molecule has 7 N–H and O–H groups in total. The molecule has 0 saturated carbocycles. The standard InChI is InChI=1S/C37H48N6O12/c1-5-23(2)32(40-37(54)55-22-26-14-10-7-11-15-26)35(52)38-27(16-19-30(47)48)34(51)39-33(24(3)44)36(53)41-43(21-31(49)50)29(46)18-17-28(45)42(4)20-25-12-8-6-9-13-25/h6-15,17-18,23-24,27,32-33,44H,5,16,19-22H2,1-4H3,(H,38,52)(H,39,51)(H,40,54)(H,41,53)(H,47,48)(H,49,50)/b18-17+/t23-,24+,27-,32-,33-/m0/s1. The highest BCUT2D eigenvalue weighted by Gasteiger charge is 2.34. The molecule has 0 aromatic heterocycles. The maximum atomic E-state index is 13.5. The van der Waals surface area contributed by atoms with Crippen LogP contribution in [0.4, 0.5) is 4.79 Å². The van der Waals surface area contributed by atoms with Crippen LogP contribution in [0.25, 0.3) is 0 Å². The van der Waals surface area contributed by atoms with E-state index >= 15 is 0 Å². The third kappa shape index (κ3) is 16.1. The third-order valence-electron chi connectivity index (χ3n) is 8.14. The Kier molecular flexibility index (Phi) is 18.5. The van der Waals surface area contributed by atoms with Gasteiger partial charge in [-0.05, 0) is 30.4 Å². The summed E-state index contributed by atoms with van der Waals surface area (Å²) in [6.07, 6.45) is -1.68. The van der Waals surface area contributed by atoms with Gasteiger partial charge in [0.1, 0.15) is 31.3 Å². The van der Waals surface area contributed by atoms with Crippen LogP contribution in [-0.2, 0) is 51.5 Å². The lowest BCUT2D eigenvalue weighted by atomic mass is 9.97. The third-order valence-corrected chi connectivity index (χ3v) is 8.14. The van der Waals surface area contributed by atoms with Crippen LogP contribution in [-0.4, -0.2) is 111 Å². The average Bonchev–Trinajstić information content (AvgIpc) is 3.15. The smallest absolute Gasteiger partial charge is 0.408 e. The van der Waals surface area contributed by atoms with Gasteiger partial charge in [0.25, 0.3) is 11.8 Å². The zero-order chi connectivity index (χ0) is 41.1. The van der Waals surface area contributed by atoms with Crippen molar-refractivity contribution in [1.82, 2.24) is 31.3 Å². The number of carbonyl (C=O) groups excluding carboxylic acids is 6. The fourth-order valence-electron chi connectivity index (χ4n) is 4.86. The Hall–Kier alpha value is -6.30. The summed E-state index contributed by atoms with van der Waals surface area (Å²) in [5.41, 5.74) is 3.51. The highest BCUT2D eigenvalue weighted by molar-refractivity contribution is 5.99. The number of hydrazine groups is 1. The molecule has 5 atom stereocenters. The minimum atomic E-state index is -1.86. The number of ether oxygens (including phenoxy) is 1. The normalized spacial score (nSPS) is 13.5. The minimum absolute atomic E-state index is 0.0933. The van der Waals surface area contributed by atoms with Crippen LogP contribution < -0.4 is 21.4 Å². The van der Waals surface area contributed by atoms with Crippen LogP contribution in [0.3, 0.4) is 0 Å². The Labute approximate surface area is 317 Å². The predicted octanol–water partition coefficient (Wildman–Crippen LogP) is 0.702. The van der Waals surface area contributed by atoms with E-state index in [2.05, 4.69) is 16.0 Å². The van der Waals surface area contributed by atoms with Gasteiger partial charge in [-0.25, -0.2) is 9.80 Å². The maximum absolute atomic E-state index is 13.5. The topological polar surface area (TPSA) is 261 Å². The van der Waals surface area contributed by atoms with Gasteiger partial charge in [0.15, 0.2) is 0 Å². The van der Waals surface area contributed by atoms with Crippen LogP contribution in [0.15, 0.2) is 72.8 Å². The molecule has 18 heteroatoms. The van der Waals surface area contributed by atoms with Crippen LogP contribution in [0.5, 0.6) is 0 Å². The molecule has 0 bridgehead atoms. The van der Waals surface area contributed by atoms with Crippen molar-refractivity contribution in [2.75, 3.05) is 13.6 Å². The number of aliphatic hydroxyl groups excluding tert-OH is 1. The van der Waals surface area contributed by atoms with Crippen molar-refractivity contribution in [2.24, 2.45) is 5.92 Å². The zero-order valence-corrected chi connectivity index (χ0v) is 31.0. The average molecular weight is 769 g/mol. The number of benzene rings is 2. The monoisotopic (exact) mass is 768 g/mol. The molecule has 0 saturated heterocycles. The maximum Gasteiger partial charge on any atom is 0.408 e. The van der Waals surface area contributed by atoms with E-state index in [0.29, 0.717) is 17.0 Å². The van der Waals surface area contributed by atoms with E-state index < -0.39 is 97.1 Å². The van der Waals surface area contributed by atoms with E-state index in [-0.39, 0.29) is 13.2 Å². The van der Waals surface area contributed by atoms with E-state index in [9.17, 15) is 53.7 Å². The second kappa shape index (κ2) is 22.7. The summed E-state index contributed by atoms with van der Waals surface area (Å²) in [7, 11) is 1.48. The molecule has 55 heavy (non-hydrogen) atoms. The Morgan fingerprint density at radius 3 is 1.87 bits per heavy atom. The summed E-state index contributed by atoms with van der Waals surface area (Å²) in [4.78, 5) is 103. The van der Waals surface area contributed by atoms with Crippen molar-refractivity contribution < 1.29 is 58.4 Å². The lowest BCUT2D eigenvalue weighted by Gasteiger charge is -2.29. The second-order valence-electron chi connectivity index (χ2n) is 12.6. The molecular weight excluding hydrogens is 720 g/mol. The molecule has 18 nitrogen and oxygen atoms in total. The zero-order valence-electron chi connectivity index (χ0n) is 31.0. The number of amides is 6. The highest BCUT2D eigenvalue weighted by Crippen LogP contribution is 2.11. The van der Waals surface area contributed by atoms with Crippen molar-refractivity contribution >= 4 is 47.6 Å². The Balaban J connectivity index is 2.19. The van der Waals surface area contributed by atoms with Crippen molar-refractivity contribution in [1.29, 1.82) is 0 Å². The quantitative estimate of drug-likeness (QED) is 0.0726. The van der Waals surface area contributed by atoms with Crippen molar-refractivity contribution in [3.63, 3.8) is 0 Å². The number of carboxylic acids is 2. The molecule has 0 aliphatic rings. The van der Waals surface area contributed by atoms with Crippen LogP contribution in [0.1, 0.15) is 51.2 Å². The first-order valence-corrected chi connectivity index (χ1v) is 17.3. The number of hydrogen-bond donors (Lipinski definition) is 7. The Morgan fingerprint density at radius 1 is 0.745 bits per heavy atom. The van der Waals surface area contributed by atoms with Crippen LogP contribution in [0, 0.1) is 5.92 Å². The van der Waals surface area contributed by atoms with Gasteiger partial charge in [-0.3, -0.25) is 39.0 Å². The van der Waals surface area contributed by atoms with Crippen molar-refractivity contribution in [3.8, 4) is 0 Å². The Morgan fingerprint density at radius 2 is 1.33 bits per heavy atom. The first kappa shape index (κ1) is 44.9. The SMILES string of the molecule is CC[C@H](C)[C@H](NC(=O)OCc1ccccc1)C(=O)N[C@@H](CCC(=O)O)C(=O)N[C@H](C(=O)NN(CC(=O)O)C(=O)/C=C/C(=O)N(C)Cc1ccccc1)[C@@H](C)O. The van der Waals surface area contributed by atoms with E-state index in [1.165, 1.54) is 11.9 Å². The predicted molar refractivity (Wildman–Crippen MR) is 195 cm³/mol. The lowest BCUT2D eigenvalue weighted by Crippen LogP contribution is -2.61. The largest absolute Gasteiger partial charge is 0.481 e. The summed E-state index contributed by atoms with van der Waals surface area (Å²) < 4.78 is 5.22. The number of carbonyl (C=O) groups is 8.